The molecule has 1 atom stereocenters. The van der Waals surface area contributed by atoms with Crippen LogP contribution in [0.1, 0.15) is 20.3 Å². The van der Waals surface area contributed by atoms with Crippen molar-refractivity contribution in [3.8, 4) is 0 Å². The lowest BCUT2D eigenvalue weighted by molar-refractivity contribution is -0.143. The normalized spacial score (nSPS) is 20.8. The van der Waals surface area contributed by atoms with Crippen molar-refractivity contribution in [2.75, 3.05) is 37.6 Å². The predicted octanol–water partition coefficient (Wildman–Crippen LogP) is 1.51. The van der Waals surface area contributed by atoms with E-state index in [9.17, 15) is 18.8 Å². The Balaban J connectivity index is 1.59. The Kier molecular flexibility index (Phi) is 5.25. The smallest absolute Gasteiger partial charge is 0.228 e. The Morgan fingerprint density at radius 1 is 1.04 bits per heavy atom. The van der Waals surface area contributed by atoms with E-state index in [1.165, 1.54) is 12.1 Å². The number of rotatable bonds is 3. The fourth-order valence-corrected chi connectivity index (χ4v) is 3.51. The maximum atomic E-state index is 13.1. The van der Waals surface area contributed by atoms with Crippen LogP contribution in [0.15, 0.2) is 24.3 Å². The molecule has 7 heteroatoms. The van der Waals surface area contributed by atoms with Crippen molar-refractivity contribution in [3.63, 3.8) is 0 Å². The second kappa shape index (κ2) is 7.43. The van der Waals surface area contributed by atoms with Crippen LogP contribution in [-0.2, 0) is 14.4 Å². The molecule has 26 heavy (non-hydrogen) atoms. The van der Waals surface area contributed by atoms with Crippen LogP contribution < -0.4 is 4.90 Å². The summed E-state index contributed by atoms with van der Waals surface area (Å²) >= 11 is 0. The topological polar surface area (TPSA) is 60.9 Å². The highest BCUT2D eigenvalue weighted by atomic mass is 19.1. The molecule has 0 radical (unpaired) electrons. The van der Waals surface area contributed by atoms with Crippen molar-refractivity contribution < 1.29 is 18.8 Å². The van der Waals surface area contributed by atoms with E-state index in [0.717, 1.165) is 0 Å². The highest BCUT2D eigenvalue weighted by Gasteiger charge is 2.38. The van der Waals surface area contributed by atoms with E-state index >= 15 is 0 Å². The summed E-state index contributed by atoms with van der Waals surface area (Å²) in [5.74, 6) is -0.852. The van der Waals surface area contributed by atoms with Crippen LogP contribution in [0.25, 0.3) is 0 Å². The van der Waals surface area contributed by atoms with Crippen molar-refractivity contribution in [3.05, 3.63) is 30.1 Å². The molecule has 0 unspecified atom stereocenters. The standard InChI is InChI=1S/C19H24FN3O3/c1-13(2)18(25)21-7-9-22(10-8-21)19(26)14-11-17(24)23(12-14)16-5-3-15(20)4-6-16/h3-6,13-14H,7-12H2,1-2H3/t14-/m0/s1. The van der Waals surface area contributed by atoms with Gasteiger partial charge in [-0.3, -0.25) is 14.4 Å². The Labute approximate surface area is 152 Å². The first kappa shape index (κ1) is 18.4. The molecule has 6 nitrogen and oxygen atoms in total. The summed E-state index contributed by atoms with van der Waals surface area (Å²) < 4.78 is 13.1. The Bertz CT molecular complexity index is 696. The van der Waals surface area contributed by atoms with Crippen LogP contribution >= 0.6 is 0 Å². The summed E-state index contributed by atoms with van der Waals surface area (Å²) in [5, 5.41) is 0. The molecule has 0 bridgehead atoms. The first-order valence-corrected chi connectivity index (χ1v) is 9.00. The molecular weight excluding hydrogens is 337 g/mol. The van der Waals surface area contributed by atoms with E-state index in [1.54, 1.807) is 26.8 Å². The summed E-state index contributed by atoms with van der Waals surface area (Å²) in [7, 11) is 0. The van der Waals surface area contributed by atoms with Gasteiger partial charge in [-0.05, 0) is 24.3 Å². The quantitative estimate of drug-likeness (QED) is 0.820. The first-order valence-electron chi connectivity index (χ1n) is 9.00. The number of hydrogen-bond donors (Lipinski definition) is 0. The van der Waals surface area contributed by atoms with Gasteiger partial charge in [0.05, 0.1) is 5.92 Å². The molecule has 140 valence electrons. The second-order valence-corrected chi connectivity index (χ2v) is 7.19. The molecular formula is C19H24FN3O3. The van der Waals surface area contributed by atoms with Gasteiger partial charge in [-0.25, -0.2) is 4.39 Å². The van der Waals surface area contributed by atoms with Gasteiger partial charge in [0, 0.05) is 50.7 Å². The number of carbonyl (C=O) groups excluding carboxylic acids is 3. The minimum absolute atomic E-state index is 0.0420. The van der Waals surface area contributed by atoms with Crippen molar-refractivity contribution in [2.45, 2.75) is 20.3 Å². The molecule has 0 N–H and O–H groups in total. The Hall–Kier alpha value is -2.44. The third-order valence-electron chi connectivity index (χ3n) is 5.01. The van der Waals surface area contributed by atoms with Gasteiger partial charge in [-0.2, -0.15) is 0 Å². The summed E-state index contributed by atoms with van der Waals surface area (Å²) in [6.45, 7) is 6.11. The minimum atomic E-state index is -0.389. The number of carbonyl (C=O) groups is 3. The molecule has 2 aliphatic rings. The lowest BCUT2D eigenvalue weighted by Gasteiger charge is -2.36. The Morgan fingerprint density at radius 2 is 1.62 bits per heavy atom. The molecule has 2 fully saturated rings. The highest BCUT2D eigenvalue weighted by Crippen LogP contribution is 2.27. The van der Waals surface area contributed by atoms with Crippen LogP contribution in [0.3, 0.4) is 0 Å². The second-order valence-electron chi connectivity index (χ2n) is 7.19. The Morgan fingerprint density at radius 3 is 2.19 bits per heavy atom. The van der Waals surface area contributed by atoms with E-state index in [4.69, 9.17) is 0 Å². The van der Waals surface area contributed by atoms with E-state index in [0.29, 0.717) is 38.4 Å². The number of piperazine rings is 1. The average molecular weight is 361 g/mol. The van der Waals surface area contributed by atoms with Gasteiger partial charge in [-0.1, -0.05) is 13.8 Å². The van der Waals surface area contributed by atoms with Crippen molar-refractivity contribution >= 4 is 23.4 Å². The van der Waals surface area contributed by atoms with E-state index in [1.807, 2.05) is 13.8 Å². The van der Waals surface area contributed by atoms with E-state index in [-0.39, 0.29) is 41.8 Å². The molecule has 0 saturated carbocycles. The van der Waals surface area contributed by atoms with Crippen LogP contribution in [-0.4, -0.2) is 60.2 Å². The minimum Gasteiger partial charge on any atom is -0.339 e. The van der Waals surface area contributed by atoms with Gasteiger partial charge >= 0.3 is 0 Å². The monoisotopic (exact) mass is 361 g/mol. The summed E-state index contributed by atoms with van der Waals surface area (Å²) in [6.07, 6.45) is 0.168. The summed E-state index contributed by atoms with van der Waals surface area (Å²) in [6, 6.07) is 5.72. The molecule has 3 amide bonds. The number of hydrogen-bond acceptors (Lipinski definition) is 3. The SMILES string of the molecule is CC(C)C(=O)N1CCN(C(=O)[C@H]2CC(=O)N(c3ccc(F)cc3)C2)CC1. The molecule has 1 aromatic rings. The van der Waals surface area contributed by atoms with Gasteiger partial charge in [0.2, 0.25) is 17.7 Å². The molecule has 2 saturated heterocycles. The van der Waals surface area contributed by atoms with Gasteiger partial charge in [0.25, 0.3) is 0 Å². The van der Waals surface area contributed by atoms with Crippen molar-refractivity contribution in [1.82, 2.24) is 9.80 Å². The number of halogens is 1. The zero-order valence-corrected chi connectivity index (χ0v) is 15.2. The lowest BCUT2D eigenvalue weighted by Crippen LogP contribution is -2.53. The maximum Gasteiger partial charge on any atom is 0.228 e. The third kappa shape index (κ3) is 3.71. The van der Waals surface area contributed by atoms with Crippen LogP contribution in [0.2, 0.25) is 0 Å². The fourth-order valence-electron chi connectivity index (χ4n) is 3.51. The third-order valence-corrected chi connectivity index (χ3v) is 5.01. The number of benzene rings is 1. The largest absolute Gasteiger partial charge is 0.339 e. The first-order chi connectivity index (χ1) is 12.4. The van der Waals surface area contributed by atoms with Gasteiger partial charge in [0.1, 0.15) is 5.82 Å². The van der Waals surface area contributed by atoms with Crippen LogP contribution in [0.4, 0.5) is 10.1 Å². The molecule has 1 aromatic carbocycles. The summed E-state index contributed by atoms with van der Waals surface area (Å²) in [5.41, 5.74) is 0.610. The maximum absolute atomic E-state index is 13.1. The fraction of sp³-hybridized carbons (Fsp3) is 0.526. The zero-order valence-electron chi connectivity index (χ0n) is 15.2. The molecule has 0 aromatic heterocycles. The predicted molar refractivity (Wildman–Crippen MR) is 94.9 cm³/mol. The van der Waals surface area contributed by atoms with Crippen molar-refractivity contribution in [2.24, 2.45) is 11.8 Å². The van der Waals surface area contributed by atoms with E-state index < -0.39 is 0 Å². The molecule has 0 aliphatic carbocycles. The number of nitrogens with zero attached hydrogens (tertiary/aromatic N) is 3. The van der Waals surface area contributed by atoms with Gasteiger partial charge in [-0.15, -0.1) is 0 Å². The van der Waals surface area contributed by atoms with Gasteiger partial charge in [0.15, 0.2) is 0 Å². The number of amides is 3. The molecule has 3 rings (SSSR count). The number of anilines is 1. The highest BCUT2D eigenvalue weighted by molar-refractivity contribution is 6.00. The zero-order chi connectivity index (χ0) is 18.8. The molecule has 2 aliphatic heterocycles. The molecule has 0 spiro atoms. The van der Waals surface area contributed by atoms with Crippen LogP contribution in [0.5, 0.6) is 0 Å². The average Bonchev–Trinajstić information content (AvgIpc) is 3.03. The molecule has 2 heterocycles. The van der Waals surface area contributed by atoms with Crippen molar-refractivity contribution in [1.29, 1.82) is 0 Å². The van der Waals surface area contributed by atoms with E-state index in [2.05, 4.69) is 0 Å². The summed E-state index contributed by atoms with van der Waals surface area (Å²) in [4.78, 5) is 42.2. The van der Waals surface area contributed by atoms with Gasteiger partial charge < -0.3 is 14.7 Å². The van der Waals surface area contributed by atoms with Crippen LogP contribution in [0, 0.1) is 17.7 Å². The lowest BCUT2D eigenvalue weighted by atomic mass is 10.1.